The van der Waals surface area contributed by atoms with Gasteiger partial charge in [0.15, 0.2) is 5.94 Å². The minimum absolute atomic E-state index is 0.132. The van der Waals surface area contributed by atoms with Crippen molar-refractivity contribution in [1.82, 2.24) is 4.98 Å². The van der Waals surface area contributed by atoms with Crippen LogP contribution in [0, 0.1) is 0 Å². The highest BCUT2D eigenvalue weighted by molar-refractivity contribution is 7.92. The fraction of sp³-hybridized carbons (Fsp3) is 0.120. The van der Waals surface area contributed by atoms with Crippen LogP contribution >= 0.6 is 23.2 Å². The van der Waals surface area contributed by atoms with Gasteiger partial charge >= 0.3 is 0 Å². The first-order valence-electron chi connectivity index (χ1n) is 10.7. The number of hydrogen-bond acceptors (Lipinski definition) is 5. The molecule has 0 unspecified atom stereocenters. The summed E-state index contributed by atoms with van der Waals surface area (Å²) in [6.07, 6.45) is 0. The number of fused-ring (bicyclic) bond motifs is 1. The van der Waals surface area contributed by atoms with Gasteiger partial charge in [0.1, 0.15) is 0 Å². The van der Waals surface area contributed by atoms with E-state index in [9.17, 15) is 13.2 Å². The van der Waals surface area contributed by atoms with E-state index in [1.807, 2.05) is 36.4 Å². The Morgan fingerprint density at radius 1 is 0.971 bits per heavy atom. The van der Waals surface area contributed by atoms with Gasteiger partial charge in [0.2, 0.25) is 0 Å². The minimum Gasteiger partial charge on any atom is -0.362 e. The molecule has 0 atom stereocenters. The van der Waals surface area contributed by atoms with E-state index in [0.29, 0.717) is 27.7 Å². The summed E-state index contributed by atoms with van der Waals surface area (Å²) in [7, 11) is -3.59. The van der Waals surface area contributed by atoms with Crippen LogP contribution in [0.5, 0.6) is 0 Å². The van der Waals surface area contributed by atoms with Gasteiger partial charge < -0.3 is 10.1 Å². The largest absolute Gasteiger partial charge is 0.362 e. The third-order valence-electron chi connectivity index (χ3n) is 5.59. The van der Waals surface area contributed by atoms with Crippen LogP contribution in [0.15, 0.2) is 72.8 Å². The van der Waals surface area contributed by atoms with Crippen LogP contribution in [-0.2, 0) is 14.8 Å². The van der Waals surface area contributed by atoms with Gasteiger partial charge in [-0.1, -0.05) is 47.5 Å². The predicted molar refractivity (Wildman–Crippen MR) is 139 cm³/mol. The van der Waals surface area contributed by atoms with Crippen LogP contribution in [0.3, 0.4) is 0 Å². The highest BCUT2D eigenvalue weighted by Gasteiger charge is 2.27. The molecule has 1 amide bonds. The van der Waals surface area contributed by atoms with E-state index < -0.39 is 21.9 Å². The Hall–Kier alpha value is -3.17. The van der Waals surface area contributed by atoms with Gasteiger partial charge in [0.25, 0.3) is 15.9 Å². The number of halogens is 2. The molecular weight excluding hydrogens is 509 g/mol. The molecule has 10 heteroatoms. The second kappa shape index (κ2) is 9.47. The molecule has 35 heavy (non-hydrogen) atoms. The summed E-state index contributed by atoms with van der Waals surface area (Å²) in [4.78, 5) is 17.6. The van der Waals surface area contributed by atoms with Gasteiger partial charge in [-0.15, -0.1) is 0 Å². The average molecular weight is 528 g/mol. The van der Waals surface area contributed by atoms with Crippen molar-refractivity contribution >= 4 is 61.4 Å². The van der Waals surface area contributed by atoms with Crippen LogP contribution in [0.4, 0.5) is 11.4 Å². The first-order chi connectivity index (χ1) is 16.8. The molecule has 0 saturated carbocycles. The summed E-state index contributed by atoms with van der Waals surface area (Å²) in [6, 6.07) is 21.3. The summed E-state index contributed by atoms with van der Waals surface area (Å²) < 4.78 is 30.8. The molecule has 1 saturated heterocycles. The van der Waals surface area contributed by atoms with Crippen molar-refractivity contribution in [2.24, 2.45) is 0 Å². The zero-order valence-corrected chi connectivity index (χ0v) is 20.6. The summed E-state index contributed by atoms with van der Waals surface area (Å²) >= 11 is 12.8. The molecule has 3 aromatic carbocycles. The number of pyridine rings is 1. The fourth-order valence-electron chi connectivity index (χ4n) is 3.86. The summed E-state index contributed by atoms with van der Waals surface area (Å²) in [5.74, 6) is -0.830. The maximum atomic E-state index is 13.0. The number of carbonyl (C=O) groups is 1. The second-order valence-corrected chi connectivity index (χ2v) is 10.6. The average Bonchev–Trinajstić information content (AvgIpc) is 2.84. The molecule has 0 spiro atoms. The van der Waals surface area contributed by atoms with Crippen molar-refractivity contribution in [2.75, 3.05) is 28.7 Å². The number of ether oxygens (including phenoxy) is 1. The molecule has 0 bridgehead atoms. The maximum Gasteiger partial charge on any atom is 0.259 e. The zero-order chi connectivity index (χ0) is 24.6. The molecule has 1 fully saturated rings. The Morgan fingerprint density at radius 2 is 1.80 bits per heavy atom. The van der Waals surface area contributed by atoms with Crippen molar-refractivity contribution in [3.63, 3.8) is 0 Å². The molecule has 4 aromatic rings. The summed E-state index contributed by atoms with van der Waals surface area (Å²) in [6.45, 7) is 0.463. The van der Waals surface area contributed by atoms with Crippen LogP contribution in [-0.4, -0.2) is 38.4 Å². The molecule has 2 heterocycles. The van der Waals surface area contributed by atoms with E-state index in [1.165, 1.54) is 16.4 Å². The third kappa shape index (κ3) is 4.83. The molecule has 0 radical (unpaired) electrons. The van der Waals surface area contributed by atoms with E-state index >= 15 is 0 Å². The molecule has 0 aliphatic carbocycles. The van der Waals surface area contributed by atoms with Gasteiger partial charge in [0, 0.05) is 16.6 Å². The lowest BCUT2D eigenvalue weighted by Crippen LogP contribution is -2.41. The van der Waals surface area contributed by atoms with Gasteiger partial charge in [0.05, 0.1) is 45.7 Å². The topological polar surface area (TPSA) is 88.6 Å². The molecular formula is C25H19Cl2N3O4S. The van der Waals surface area contributed by atoms with E-state index in [2.05, 4.69) is 10.3 Å². The lowest BCUT2D eigenvalue weighted by Gasteiger charge is -2.28. The Morgan fingerprint density at radius 3 is 2.60 bits per heavy atom. The van der Waals surface area contributed by atoms with Crippen LogP contribution in [0.25, 0.3) is 22.2 Å². The van der Waals surface area contributed by atoms with Crippen LogP contribution in [0.2, 0.25) is 10.0 Å². The van der Waals surface area contributed by atoms with E-state index in [1.54, 1.807) is 24.3 Å². The van der Waals surface area contributed by atoms with Crippen molar-refractivity contribution in [1.29, 1.82) is 0 Å². The number of anilines is 2. The first kappa shape index (κ1) is 23.6. The maximum absolute atomic E-state index is 13.0. The number of amides is 1. The van der Waals surface area contributed by atoms with Gasteiger partial charge in [-0.3, -0.25) is 9.10 Å². The zero-order valence-electron chi connectivity index (χ0n) is 18.2. The number of para-hydroxylation sites is 1. The van der Waals surface area contributed by atoms with E-state index in [-0.39, 0.29) is 23.7 Å². The van der Waals surface area contributed by atoms with E-state index in [4.69, 9.17) is 27.9 Å². The molecule has 1 N–H and O–H groups in total. The number of aromatic nitrogens is 1. The standard InChI is InChI=1S/C25H19Cl2N3O4S/c26-21-9-6-17(13-20(21)24-10-5-16-3-1-2-4-23(16)29-24)28-25(31)19-8-7-18(14-22(19)27)30-11-12-34-15-35(30,32)33/h1-10,13-14H,11-12,15H2,(H,28,31). The molecule has 1 aromatic heterocycles. The molecule has 5 rings (SSSR count). The first-order valence-corrected chi connectivity index (χ1v) is 13.0. The highest BCUT2D eigenvalue weighted by Crippen LogP contribution is 2.32. The Labute approximate surface area is 212 Å². The number of nitrogens with one attached hydrogen (secondary N) is 1. The number of hydrogen-bond donors (Lipinski definition) is 1. The fourth-order valence-corrected chi connectivity index (χ4v) is 5.58. The number of benzene rings is 3. The molecule has 178 valence electrons. The Kier molecular flexibility index (Phi) is 6.37. The van der Waals surface area contributed by atoms with Gasteiger partial charge in [-0.05, 0) is 48.5 Å². The normalized spacial score (nSPS) is 15.2. The van der Waals surface area contributed by atoms with Crippen molar-refractivity contribution in [3.05, 3.63) is 88.4 Å². The van der Waals surface area contributed by atoms with Crippen LogP contribution in [0.1, 0.15) is 10.4 Å². The second-order valence-electron chi connectivity index (χ2n) is 7.91. The quantitative estimate of drug-likeness (QED) is 0.374. The van der Waals surface area contributed by atoms with Gasteiger partial charge in [-0.25, -0.2) is 13.4 Å². The smallest absolute Gasteiger partial charge is 0.259 e. The van der Waals surface area contributed by atoms with Crippen molar-refractivity contribution in [3.8, 4) is 11.3 Å². The van der Waals surface area contributed by atoms with E-state index in [0.717, 1.165) is 10.9 Å². The molecule has 1 aliphatic heterocycles. The van der Waals surface area contributed by atoms with Crippen LogP contribution < -0.4 is 9.62 Å². The number of carbonyl (C=O) groups excluding carboxylic acids is 1. The molecule has 7 nitrogen and oxygen atoms in total. The summed E-state index contributed by atoms with van der Waals surface area (Å²) in [5, 5.41) is 4.47. The Balaban J connectivity index is 1.40. The minimum atomic E-state index is -3.59. The number of sulfonamides is 1. The van der Waals surface area contributed by atoms with Crippen molar-refractivity contribution in [2.45, 2.75) is 0 Å². The summed E-state index contributed by atoms with van der Waals surface area (Å²) in [5.41, 5.74) is 3.30. The van der Waals surface area contributed by atoms with Crippen molar-refractivity contribution < 1.29 is 17.9 Å². The molecule has 1 aliphatic rings. The van der Waals surface area contributed by atoms with Gasteiger partial charge in [-0.2, -0.15) is 0 Å². The monoisotopic (exact) mass is 527 g/mol. The number of nitrogens with zero attached hydrogens (tertiary/aromatic N) is 2. The lowest BCUT2D eigenvalue weighted by atomic mass is 10.1. The SMILES string of the molecule is O=C(Nc1ccc(Cl)c(-c2ccc3ccccc3n2)c1)c1ccc(N2CCOCS2(=O)=O)cc1Cl. The Bertz CT molecular complexity index is 1560. The lowest BCUT2D eigenvalue weighted by molar-refractivity contribution is 0.102. The third-order valence-corrected chi connectivity index (χ3v) is 7.76. The highest BCUT2D eigenvalue weighted by atomic mass is 35.5. The predicted octanol–water partition coefficient (Wildman–Crippen LogP) is 5.58. The number of rotatable bonds is 4.